The molecule has 0 fully saturated rings. The van der Waals surface area contributed by atoms with E-state index in [1.54, 1.807) is 6.08 Å². The second-order valence-corrected chi connectivity index (χ2v) is 4.06. The molecule has 0 bridgehead atoms. The van der Waals surface area contributed by atoms with Gasteiger partial charge in [0, 0.05) is 11.5 Å². The highest BCUT2D eigenvalue weighted by molar-refractivity contribution is 5.78. The van der Waals surface area contributed by atoms with Gasteiger partial charge in [-0.15, -0.1) is 0 Å². The summed E-state index contributed by atoms with van der Waals surface area (Å²) in [4.78, 5) is 11.8. The molecule has 1 aliphatic rings. The van der Waals surface area contributed by atoms with Crippen LogP contribution in [-0.4, -0.2) is 18.7 Å². The van der Waals surface area contributed by atoms with Crippen LogP contribution in [0.15, 0.2) is 36.4 Å². The van der Waals surface area contributed by atoms with E-state index in [1.807, 2.05) is 44.2 Å². The lowest BCUT2D eigenvalue weighted by molar-refractivity contribution is -0.150. The average Bonchev–Trinajstić information content (AvgIpc) is 2.68. The van der Waals surface area contributed by atoms with Gasteiger partial charge in [0.15, 0.2) is 0 Å². The molecule has 0 aliphatic carbocycles. The summed E-state index contributed by atoms with van der Waals surface area (Å²) in [6.07, 6.45) is 3.13. The molecule has 2 unspecified atom stereocenters. The molecule has 0 saturated heterocycles. The molecule has 0 aromatic heterocycles. The fourth-order valence-corrected chi connectivity index (χ4v) is 1.93. The molecule has 1 aliphatic heterocycles. The summed E-state index contributed by atoms with van der Waals surface area (Å²) in [5.41, 5.74) is 1.07. The third-order valence-electron chi connectivity index (χ3n) is 2.91. The van der Waals surface area contributed by atoms with Gasteiger partial charge in [-0.1, -0.05) is 37.3 Å². The molecule has 90 valence electrons. The van der Waals surface area contributed by atoms with E-state index >= 15 is 0 Å². The molecular weight excluding hydrogens is 216 g/mol. The molecular formula is C14H16O3. The first-order chi connectivity index (χ1) is 8.24. The number of hydrogen-bond donors (Lipinski definition) is 0. The summed E-state index contributed by atoms with van der Waals surface area (Å²) in [6, 6.07) is 7.72. The minimum Gasteiger partial charge on any atom is -0.478 e. The lowest BCUT2D eigenvalue weighted by Crippen LogP contribution is -2.29. The van der Waals surface area contributed by atoms with E-state index in [-0.39, 0.29) is 11.9 Å². The Labute approximate surface area is 101 Å². The van der Waals surface area contributed by atoms with Crippen molar-refractivity contribution in [2.24, 2.45) is 0 Å². The molecule has 1 aromatic carbocycles. The number of hydrogen-bond acceptors (Lipinski definition) is 3. The first kappa shape index (κ1) is 11.7. The Morgan fingerprint density at radius 1 is 1.47 bits per heavy atom. The maximum Gasteiger partial charge on any atom is 0.348 e. The predicted molar refractivity (Wildman–Crippen MR) is 65.0 cm³/mol. The molecule has 0 N–H and O–H groups in total. The van der Waals surface area contributed by atoms with Crippen molar-refractivity contribution < 1.29 is 14.3 Å². The van der Waals surface area contributed by atoms with E-state index in [0.29, 0.717) is 6.61 Å². The smallest absolute Gasteiger partial charge is 0.348 e. The number of para-hydroxylation sites is 1. The summed E-state index contributed by atoms with van der Waals surface area (Å²) in [5, 5.41) is 0. The van der Waals surface area contributed by atoms with Crippen LogP contribution >= 0.6 is 0 Å². The number of carbonyl (C=O) groups excluding carboxylic acids is 1. The Balaban J connectivity index is 2.04. The third-order valence-corrected chi connectivity index (χ3v) is 2.91. The molecule has 1 aromatic rings. The summed E-state index contributed by atoms with van der Waals surface area (Å²) in [6.45, 7) is 4.17. The van der Waals surface area contributed by atoms with Gasteiger partial charge in [0.25, 0.3) is 0 Å². The fraction of sp³-hybridized carbons (Fsp3) is 0.357. The third kappa shape index (κ3) is 2.33. The molecule has 1 heterocycles. The Morgan fingerprint density at radius 3 is 2.94 bits per heavy atom. The van der Waals surface area contributed by atoms with Crippen molar-refractivity contribution in [2.75, 3.05) is 6.61 Å². The molecule has 0 radical (unpaired) electrons. The molecule has 0 amide bonds. The second kappa shape index (κ2) is 5.04. The Hall–Kier alpha value is -1.77. The van der Waals surface area contributed by atoms with Gasteiger partial charge in [-0.2, -0.15) is 0 Å². The van der Waals surface area contributed by atoms with Gasteiger partial charge in [0.05, 0.1) is 0 Å². The van der Waals surface area contributed by atoms with Crippen molar-refractivity contribution in [3.8, 4) is 5.75 Å². The molecule has 3 nitrogen and oxygen atoms in total. The molecule has 2 rings (SSSR count). The molecule has 2 atom stereocenters. The maximum atomic E-state index is 11.8. The number of esters is 1. The van der Waals surface area contributed by atoms with Gasteiger partial charge in [-0.25, -0.2) is 4.79 Å². The maximum absolute atomic E-state index is 11.8. The quantitative estimate of drug-likeness (QED) is 0.593. The van der Waals surface area contributed by atoms with Crippen molar-refractivity contribution >= 4 is 5.97 Å². The van der Waals surface area contributed by atoms with Gasteiger partial charge in [0.2, 0.25) is 6.10 Å². The highest BCUT2D eigenvalue weighted by atomic mass is 16.6. The van der Waals surface area contributed by atoms with Crippen LogP contribution in [0.5, 0.6) is 5.75 Å². The number of allylic oxidation sites excluding steroid dienone is 1. The van der Waals surface area contributed by atoms with Gasteiger partial charge >= 0.3 is 5.97 Å². The topological polar surface area (TPSA) is 35.5 Å². The second-order valence-electron chi connectivity index (χ2n) is 4.06. The van der Waals surface area contributed by atoms with Crippen molar-refractivity contribution in [2.45, 2.75) is 25.9 Å². The van der Waals surface area contributed by atoms with Crippen molar-refractivity contribution in [3.05, 3.63) is 42.0 Å². The van der Waals surface area contributed by atoms with Crippen LogP contribution < -0.4 is 4.74 Å². The van der Waals surface area contributed by atoms with Gasteiger partial charge in [0.1, 0.15) is 12.4 Å². The van der Waals surface area contributed by atoms with E-state index < -0.39 is 6.10 Å². The number of benzene rings is 1. The highest BCUT2D eigenvalue weighted by Gasteiger charge is 2.37. The van der Waals surface area contributed by atoms with E-state index in [9.17, 15) is 4.79 Å². The lowest BCUT2D eigenvalue weighted by atomic mass is 9.98. The number of ether oxygens (including phenoxy) is 2. The highest BCUT2D eigenvalue weighted by Crippen LogP contribution is 2.37. The van der Waals surface area contributed by atoms with Gasteiger partial charge in [-0.3, -0.25) is 0 Å². The number of carbonyl (C=O) groups is 1. The summed E-state index contributed by atoms with van der Waals surface area (Å²) < 4.78 is 10.7. The van der Waals surface area contributed by atoms with E-state index in [4.69, 9.17) is 9.47 Å². The van der Waals surface area contributed by atoms with Crippen molar-refractivity contribution in [1.82, 2.24) is 0 Å². The first-order valence-electron chi connectivity index (χ1n) is 5.77. The van der Waals surface area contributed by atoms with E-state index in [1.165, 1.54) is 0 Å². The van der Waals surface area contributed by atoms with Crippen LogP contribution in [0.4, 0.5) is 0 Å². The van der Waals surface area contributed by atoms with Crippen LogP contribution in [-0.2, 0) is 9.53 Å². The standard InChI is InChI=1S/C14H16O3/c1-3-4-9-16-14(15)13-10(2)11-7-5-6-8-12(11)17-13/h3-8,10,13H,9H2,1-2H3. The Kier molecular flexibility index (Phi) is 3.47. The Morgan fingerprint density at radius 2 is 2.24 bits per heavy atom. The zero-order valence-electron chi connectivity index (χ0n) is 10.1. The molecule has 17 heavy (non-hydrogen) atoms. The van der Waals surface area contributed by atoms with E-state index in [2.05, 4.69) is 0 Å². The molecule has 3 heteroatoms. The molecule has 0 spiro atoms. The monoisotopic (exact) mass is 232 g/mol. The number of rotatable bonds is 3. The zero-order chi connectivity index (χ0) is 12.3. The largest absolute Gasteiger partial charge is 0.478 e. The van der Waals surface area contributed by atoms with Crippen LogP contribution in [0.2, 0.25) is 0 Å². The minimum absolute atomic E-state index is 0.0457. The summed E-state index contributed by atoms with van der Waals surface area (Å²) in [7, 11) is 0. The van der Waals surface area contributed by atoms with E-state index in [0.717, 1.165) is 11.3 Å². The van der Waals surface area contributed by atoms with Crippen LogP contribution in [0.25, 0.3) is 0 Å². The number of fused-ring (bicyclic) bond motifs is 1. The summed E-state index contributed by atoms with van der Waals surface area (Å²) >= 11 is 0. The minimum atomic E-state index is -0.516. The van der Waals surface area contributed by atoms with Gasteiger partial charge in [-0.05, 0) is 13.0 Å². The predicted octanol–water partition coefficient (Wildman–Crippen LogP) is 2.67. The summed E-state index contributed by atoms with van der Waals surface area (Å²) in [5.74, 6) is 0.532. The lowest BCUT2D eigenvalue weighted by Gasteiger charge is -2.13. The van der Waals surface area contributed by atoms with Crippen LogP contribution in [0.3, 0.4) is 0 Å². The normalized spacial score (nSPS) is 22.2. The van der Waals surface area contributed by atoms with Crippen molar-refractivity contribution in [1.29, 1.82) is 0 Å². The SMILES string of the molecule is CC=CCOC(=O)C1Oc2ccccc2C1C. The fourth-order valence-electron chi connectivity index (χ4n) is 1.93. The zero-order valence-corrected chi connectivity index (χ0v) is 10.1. The van der Waals surface area contributed by atoms with Crippen LogP contribution in [0, 0.1) is 0 Å². The first-order valence-corrected chi connectivity index (χ1v) is 5.77. The molecule has 0 saturated carbocycles. The Bertz CT molecular complexity index is 437. The van der Waals surface area contributed by atoms with Gasteiger partial charge < -0.3 is 9.47 Å². The van der Waals surface area contributed by atoms with Crippen molar-refractivity contribution in [3.63, 3.8) is 0 Å². The average molecular weight is 232 g/mol. The van der Waals surface area contributed by atoms with Crippen LogP contribution in [0.1, 0.15) is 25.3 Å².